The number of nitrogens with one attached hydrogen (secondary N) is 1. The van der Waals surface area contributed by atoms with E-state index >= 15 is 0 Å². The molecule has 2 aromatic rings. The highest BCUT2D eigenvalue weighted by molar-refractivity contribution is 6.31. The quantitative estimate of drug-likeness (QED) is 0.762. The number of halogens is 1. The van der Waals surface area contributed by atoms with Crippen molar-refractivity contribution in [2.24, 2.45) is 7.05 Å². The molecule has 0 saturated heterocycles. The van der Waals surface area contributed by atoms with Crippen LogP contribution in [-0.4, -0.2) is 36.6 Å². The van der Waals surface area contributed by atoms with Gasteiger partial charge in [-0.3, -0.25) is 4.68 Å². The lowest BCUT2D eigenvalue weighted by atomic mass is 9.94. The Morgan fingerprint density at radius 1 is 1.33 bits per heavy atom. The monoisotopic (exact) mass is 307 g/mol. The molecular formula is C16H22ClN3O. The third-order valence-corrected chi connectivity index (χ3v) is 3.79. The number of nitrogens with zero attached hydrogens (tertiary/aromatic N) is 2. The minimum atomic E-state index is 0.297. The second-order valence-corrected chi connectivity index (χ2v) is 5.51. The molecule has 1 N–H and O–H groups in total. The number of rotatable bonds is 8. The fourth-order valence-electron chi connectivity index (χ4n) is 2.37. The number of hydrogen-bond donors (Lipinski definition) is 1. The van der Waals surface area contributed by atoms with Crippen molar-refractivity contribution < 1.29 is 4.74 Å². The normalized spacial score (nSPS) is 12.5. The molecule has 0 amide bonds. The van der Waals surface area contributed by atoms with Crippen LogP contribution in [0, 0.1) is 0 Å². The van der Waals surface area contributed by atoms with Crippen molar-refractivity contribution in [1.29, 1.82) is 0 Å². The molecule has 5 heteroatoms. The van der Waals surface area contributed by atoms with Gasteiger partial charge >= 0.3 is 0 Å². The number of ether oxygens (including phenoxy) is 1. The van der Waals surface area contributed by atoms with Crippen molar-refractivity contribution >= 4 is 11.6 Å². The van der Waals surface area contributed by atoms with Gasteiger partial charge in [-0.15, -0.1) is 0 Å². The molecule has 1 aromatic heterocycles. The van der Waals surface area contributed by atoms with Gasteiger partial charge in [0.05, 0.1) is 12.3 Å². The van der Waals surface area contributed by atoms with Gasteiger partial charge in [0.25, 0.3) is 0 Å². The van der Waals surface area contributed by atoms with Crippen LogP contribution in [0.15, 0.2) is 36.5 Å². The molecule has 0 bridgehead atoms. The fraction of sp³-hybridized carbons (Fsp3) is 0.438. The summed E-state index contributed by atoms with van der Waals surface area (Å²) in [6.45, 7) is 2.39. The lowest BCUT2D eigenvalue weighted by molar-refractivity contribution is 0.199. The highest BCUT2D eigenvalue weighted by Gasteiger charge is 2.16. The molecule has 4 nitrogen and oxygen atoms in total. The van der Waals surface area contributed by atoms with Crippen molar-refractivity contribution in [3.05, 3.63) is 52.8 Å². The molecule has 0 aliphatic carbocycles. The minimum absolute atomic E-state index is 0.297. The predicted molar refractivity (Wildman–Crippen MR) is 85.9 cm³/mol. The van der Waals surface area contributed by atoms with Crippen LogP contribution in [0.5, 0.6) is 0 Å². The van der Waals surface area contributed by atoms with Crippen molar-refractivity contribution in [3.8, 4) is 0 Å². The Bertz CT molecular complexity index is 556. The first-order valence-electron chi connectivity index (χ1n) is 7.13. The summed E-state index contributed by atoms with van der Waals surface area (Å²) < 4.78 is 6.90. The molecule has 0 radical (unpaired) electrons. The molecule has 1 aromatic carbocycles. The highest BCUT2D eigenvalue weighted by Crippen LogP contribution is 2.26. The Balaban J connectivity index is 2.08. The molecule has 0 aliphatic rings. The first-order valence-corrected chi connectivity index (χ1v) is 7.51. The molecule has 0 fully saturated rings. The number of aryl methyl sites for hydroxylation is 1. The van der Waals surface area contributed by atoms with E-state index in [1.165, 1.54) is 0 Å². The van der Waals surface area contributed by atoms with E-state index in [2.05, 4.69) is 22.5 Å². The van der Waals surface area contributed by atoms with Gasteiger partial charge in [-0.25, -0.2) is 0 Å². The number of methoxy groups -OCH3 is 1. The third-order valence-electron chi connectivity index (χ3n) is 3.44. The molecule has 1 atom stereocenters. The molecule has 0 saturated carbocycles. The van der Waals surface area contributed by atoms with Crippen LogP contribution in [0.3, 0.4) is 0 Å². The van der Waals surface area contributed by atoms with Crippen molar-refractivity contribution in [1.82, 2.24) is 15.1 Å². The number of benzene rings is 1. The Hall–Kier alpha value is -1.36. The smallest absolute Gasteiger partial charge is 0.0631 e. The van der Waals surface area contributed by atoms with Crippen LogP contribution in [0.4, 0.5) is 0 Å². The van der Waals surface area contributed by atoms with Crippen LogP contribution in [0.2, 0.25) is 5.02 Å². The lowest BCUT2D eigenvalue weighted by Crippen LogP contribution is -2.26. The molecule has 1 unspecified atom stereocenters. The summed E-state index contributed by atoms with van der Waals surface area (Å²) in [5, 5.41) is 8.70. The topological polar surface area (TPSA) is 39.1 Å². The maximum absolute atomic E-state index is 6.35. The average molecular weight is 308 g/mol. The maximum atomic E-state index is 6.35. The summed E-state index contributed by atoms with van der Waals surface area (Å²) in [5.74, 6) is 0.297. The van der Waals surface area contributed by atoms with Crippen LogP contribution < -0.4 is 5.32 Å². The van der Waals surface area contributed by atoms with Crippen molar-refractivity contribution in [2.45, 2.75) is 12.3 Å². The van der Waals surface area contributed by atoms with Crippen LogP contribution >= 0.6 is 11.6 Å². The molecule has 2 rings (SSSR count). The van der Waals surface area contributed by atoms with Gasteiger partial charge in [-0.05, 0) is 24.1 Å². The Morgan fingerprint density at radius 3 is 2.81 bits per heavy atom. The average Bonchev–Trinajstić information content (AvgIpc) is 2.88. The second-order valence-electron chi connectivity index (χ2n) is 5.10. The summed E-state index contributed by atoms with van der Waals surface area (Å²) in [5.41, 5.74) is 2.24. The van der Waals surface area contributed by atoms with E-state index < -0.39 is 0 Å². The van der Waals surface area contributed by atoms with Crippen LogP contribution in [0.25, 0.3) is 0 Å². The second kappa shape index (κ2) is 8.17. The van der Waals surface area contributed by atoms with Gasteiger partial charge in [0.15, 0.2) is 0 Å². The standard InChI is InChI=1S/C16H22ClN3O/c1-20-9-7-14(19-20)11-13(12-18-8-10-21-2)15-5-3-4-6-16(15)17/h3-7,9,13,18H,8,10-12H2,1-2H3. The first-order chi connectivity index (χ1) is 10.2. The number of aromatic nitrogens is 2. The van der Waals surface area contributed by atoms with E-state index in [4.69, 9.17) is 16.3 Å². The van der Waals surface area contributed by atoms with E-state index in [0.717, 1.165) is 35.8 Å². The van der Waals surface area contributed by atoms with E-state index in [1.807, 2.05) is 36.1 Å². The van der Waals surface area contributed by atoms with Gasteiger partial charge in [-0.2, -0.15) is 5.10 Å². The number of hydrogen-bond acceptors (Lipinski definition) is 3. The summed E-state index contributed by atoms with van der Waals surface area (Å²) in [4.78, 5) is 0. The molecule has 1 heterocycles. The van der Waals surface area contributed by atoms with Gasteiger partial charge in [0, 0.05) is 44.4 Å². The molecular weight excluding hydrogens is 286 g/mol. The van der Waals surface area contributed by atoms with Gasteiger partial charge in [0.2, 0.25) is 0 Å². The van der Waals surface area contributed by atoms with Crippen LogP contribution in [0.1, 0.15) is 17.2 Å². The zero-order valence-electron chi connectivity index (χ0n) is 12.6. The summed E-state index contributed by atoms with van der Waals surface area (Å²) >= 11 is 6.35. The SMILES string of the molecule is COCCNCC(Cc1ccn(C)n1)c1ccccc1Cl. The largest absolute Gasteiger partial charge is 0.383 e. The highest BCUT2D eigenvalue weighted by atomic mass is 35.5. The molecule has 0 spiro atoms. The summed E-state index contributed by atoms with van der Waals surface area (Å²) in [6, 6.07) is 10.1. The first kappa shape index (κ1) is 16.0. The maximum Gasteiger partial charge on any atom is 0.0631 e. The fourth-order valence-corrected chi connectivity index (χ4v) is 2.66. The Kier molecular flexibility index (Phi) is 6.23. The molecule has 21 heavy (non-hydrogen) atoms. The zero-order chi connectivity index (χ0) is 15.1. The zero-order valence-corrected chi connectivity index (χ0v) is 13.3. The Morgan fingerprint density at radius 2 is 2.14 bits per heavy atom. The van der Waals surface area contributed by atoms with E-state index in [1.54, 1.807) is 7.11 Å². The summed E-state index contributed by atoms with van der Waals surface area (Å²) in [6.07, 6.45) is 2.84. The summed E-state index contributed by atoms with van der Waals surface area (Å²) in [7, 11) is 3.64. The molecule has 114 valence electrons. The van der Waals surface area contributed by atoms with Crippen LogP contribution in [-0.2, 0) is 18.2 Å². The van der Waals surface area contributed by atoms with Crippen molar-refractivity contribution in [2.75, 3.05) is 26.8 Å². The van der Waals surface area contributed by atoms with E-state index in [0.29, 0.717) is 12.5 Å². The minimum Gasteiger partial charge on any atom is -0.383 e. The molecule has 0 aliphatic heterocycles. The van der Waals surface area contributed by atoms with Gasteiger partial charge in [-0.1, -0.05) is 29.8 Å². The Labute approximate surface area is 131 Å². The lowest BCUT2D eigenvalue weighted by Gasteiger charge is -2.18. The van der Waals surface area contributed by atoms with Crippen molar-refractivity contribution in [3.63, 3.8) is 0 Å². The third kappa shape index (κ3) is 4.84. The van der Waals surface area contributed by atoms with E-state index in [9.17, 15) is 0 Å². The van der Waals surface area contributed by atoms with Gasteiger partial charge in [0.1, 0.15) is 0 Å². The van der Waals surface area contributed by atoms with Gasteiger partial charge < -0.3 is 10.1 Å². The predicted octanol–water partition coefficient (Wildman–Crippen LogP) is 2.64. The van der Waals surface area contributed by atoms with E-state index in [-0.39, 0.29) is 0 Å².